The Bertz CT molecular complexity index is 1170. The van der Waals surface area contributed by atoms with E-state index in [-0.39, 0.29) is 5.82 Å². The summed E-state index contributed by atoms with van der Waals surface area (Å²) in [6, 6.07) is 2.38. The Labute approximate surface area is 223 Å². The first-order valence-electron chi connectivity index (χ1n) is 13.2. The average Bonchev–Trinajstić information content (AvgIpc) is 3.16. The minimum absolute atomic E-state index is 0.0715. The smallest absolute Gasteiger partial charge is 0.355 e. The first kappa shape index (κ1) is 29.1. The number of nitrogens with zero attached hydrogens (tertiary/aromatic N) is 7. The zero-order valence-corrected chi connectivity index (χ0v) is 23.1. The minimum Gasteiger partial charge on any atom is -0.355 e. The van der Waals surface area contributed by atoms with Crippen LogP contribution in [0, 0.1) is 5.92 Å². The molecule has 0 N–H and O–H groups in total. The molecule has 7 nitrogen and oxygen atoms in total. The highest BCUT2D eigenvalue weighted by Gasteiger charge is 2.35. The third-order valence-electron chi connectivity index (χ3n) is 6.58. The lowest BCUT2D eigenvalue weighted by atomic mass is 9.98. The highest BCUT2D eigenvalue weighted by Crippen LogP contribution is 2.35. The van der Waals surface area contributed by atoms with Gasteiger partial charge in [0, 0.05) is 51.5 Å². The highest BCUT2D eigenvalue weighted by molar-refractivity contribution is 5.73. The Balaban J connectivity index is 1.94. The van der Waals surface area contributed by atoms with Gasteiger partial charge < -0.3 is 14.7 Å². The lowest BCUT2D eigenvalue weighted by Crippen LogP contribution is -2.36. The summed E-state index contributed by atoms with van der Waals surface area (Å²) >= 11 is 0. The van der Waals surface area contributed by atoms with Gasteiger partial charge in [0.1, 0.15) is 5.82 Å². The quantitative estimate of drug-likeness (QED) is 0.353. The van der Waals surface area contributed by atoms with Crippen molar-refractivity contribution in [2.75, 3.05) is 54.5 Å². The topological polar surface area (TPSA) is 61.3 Å². The molecule has 0 amide bonds. The maximum absolute atomic E-state index is 13.6. The molecule has 38 heavy (non-hydrogen) atoms. The van der Waals surface area contributed by atoms with Crippen LogP contribution in [0.2, 0.25) is 0 Å². The molecule has 0 bridgehead atoms. The molecule has 2 heterocycles. The molecule has 2 aromatic heterocycles. The van der Waals surface area contributed by atoms with Gasteiger partial charge in [-0.1, -0.05) is 43.7 Å². The van der Waals surface area contributed by atoms with Gasteiger partial charge in [-0.2, -0.15) is 28.1 Å². The number of allylic oxidation sites excluding steroid dienone is 6. The lowest BCUT2D eigenvalue weighted by Gasteiger charge is -2.28. The van der Waals surface area contributed by atoms with Gasteiger partial charge >= 0.3 is 6.18 Å². The van der Waals surface area contributed by atoms with Crippen molar-refractivity contribution in [3.8, 4) is 0 Å². The van der Waals surface area contributed by atoms with E-state index in [1.54, 1.807) is 4.90 Å². The molecule has 3 rings (SSSR count). The SMILES string of the molecule is CCN(CC)c1nc(C2=CC=CCC(C(C)C)=C2)nc(N(C)CCN(CC)c2ncccc2C(F)(F)F)n1. The first-order chi connectivity index (χ1) is 18.1. The fourth-order valence-corrected chi connectivity index (χ4v) is 4.18. The van der Waals surface area contributed by atoms with Crippen molar-refractivity contribution >= 4 is 23.3 Å². The molecule has 1 aliphatic carbocycles. The number of hydrogen-bond acceptors (Lipinski definition) is 7. The zero-order chi connectivity index (χ0) is 27.9. The van der Waals surface area contributed by atoms with Gasteiger partial charge in [-0.05, 0) is 45.2 Å². The minimum atomic E-state index is -4.48. The van der Waals surface area contributed by atoms with E-state index < -0.39 is 11.7 Å². The second-order valence-corrected chi connectivity index (χ2v) is 9.43. The van der Waals surface area contributed by atoms with Crippen molar-refractivity contribution in [1.82, 2.24) is 19.9 Å². The van der Waals surface area contributed by atoms with Crippen LogP contribution in [-0.2, 0) is 6.18 Å². The molecule has 0 aromatic carbocycles. The van der Waals surface area contributed by atoms with E-state index in [4.69, 9.17) is 15.0 Å². The third kappa shape index (κ3) is 7.11. The Hall–Kier alpha value is -3.43. The van der Waals surface area contributed by atoms with Crippen molar-refractivity contribution in [2.45, 2.75) is 47.2 Å². The molecule has 1 aliphatic rings. The molecule has 0 atom stereocenters. The molecule has 0 radical (unpaired) electrons. The molecule has 206 valence electrons. The van der Waals surface area contributed by atoms with Crippen LogP contribution in [0.25, 0.3) is 5.57 Å². The Morgan fingerprint density at radius 3 is 2.26 bits per heavy atom. The summed E-state index contributed by atoms with van der Waals surface area (Å²) in [5.41, 5.74) is 1.46. The molecule has 0 spiro atoms. The number of halogens is 3. The molecular formula is C28H38F3N7. The number of likely N-dealkylation sites (N-methyl/N-ethyl adjacent to an activating group) is 2. The summed E-state index contributed by atoms with van der Waals surface area (Å²) in [5.74, 6) is 1.94. The predicted octanol–water partition coefficient (Wildman–Crippen LogP) is 6.02. The molecule has 0 saturated heterocycles. The van der Waals surface area contributed by atoms with Crippen LogP contribution in [-0.4, -0.2) is 59.7 Å². The summed E-state index contributed by atoms with van der Waals surface area (Å²) in [6.45, 7) is 12.8. The monoisotopic (exact) mass is 529 g/mol. The molecule has 10 heteroatoms. The number of alkyl halides is 3. The summed E-state index contributed by atoms with van der Waals surface area (Å²) < 4.78 is 40.8. The Morgan fingerprint density at radius 2 is 1.63 bits per heavy atom. The number of aromatic nitrogens is 4. The second-order valence-electron chi connectivity index (χ2n) is 9.43. The van der Waals surface area contributed by atoms with Gasteiger partial charge in [0.05, 0.1) is 5.56 Å². The van der Waals surface area contributed by atoms with Gasteiger partial charge in [-0.25, -0.2) is 4.98 Å². The van der Waals surface area contributed by atoms with Gasteiger partial charge in [-0.15, -0.1) is 0 Å². The van der Waals surface area contributed by atoms with Gasteiger partial charge in [0.2, 0.25) is 11.9 Å². The largest absolute Gasteiger partial charge is 0.419 e. The maximum atomic E-state index is 13.6. The van der Waals surface area contributed by atoms with Crippen LogP contribution in [0.5, 0.6) is 0 Å². The summed E-state index contributed by atoms with van der Waals surface area (Å²) in [6.07, 6.45) is 6.10. The number of rotatable bonds is 11. The molecule has 0 fully saturated rings. The third-order valence-corrected chi connectivity index (χ3v) is 6.58. The lowest BCUT2D eigenvalue weighted by molar-refractivity contribution is -0.137. The van der Waals surface area contributed by atoms with Crippen LogP contribution in [0.15, 0.2) is 48.2 Å². The van der Waals surface area contributed by atoms with Crippen molar-refractivity contribution < 1.29 is 13.2 Å². The normalized spacial score (nSPS) is 13.7. The fraction of sp³-hybridized carbons (Fsp3) is 0.500. The van der Waals surface area contributed by atoms with Crippen LogP contribution in [0.1, 0.15) is 52.4 Å². The van der Waals surface area contributed by atoms with Gasteiger partial charge in [0.25, 0.3) is 0 Å². The van der Waals surface area contributed by atoms with E-state index in [0.29, 0.717) is 43.3 Å². The van der Waals surface area contributed by atoms with Crippen LogP contribution >= 0.6 is 0 Å². The predicted molar refractivity (Wildman–Crippen MR) is 148 cm³/mol. The van der Waals surface area contributed by atoms with Crippen molar-refractivity contribution in [1.29, 1.82) is 0 Å². The molecule has 0 aliphatic heterocycles. The van der Waals surface area contributed by atoms with E-state index in [1.165, 1.54) is 17.8 Å². The second kappa shape index (κ2) is 12.9. The molecule has 0 unspecified atom stereocenters. The van der Waals surface area contributed by atoms with Gasteiger partial charge in [0.15, 0.2) is 5.82 Å². The summed E-state index contributed by atoms with van der Waals surface area (Å²) in [5, 5.41) is 0. The van der Waals surface area contributed by atoms with Crippen LogP contribution < -0.4 is 14.7 Å². The molecule has 0 saturated carbocycles. The van der Waals surface area contributed by atoms with E-state index in [0.717, 1.165) is 31.1 Å². The van der Waals surface area contributed by atoms with Gasteiger partial charge in [-0.3, -0.25) is 0 Å². The maximum Gasteiger partial charge on any atom is 0.419 e. The highest BCUT2D eigenvalue weighted by atomic mass is 19.4. The van der Waals surface area contributed by atoms with E-state index in [2.05, 4.69) is 35.9 Å². The van der Waals surface area contributed by atoms with E-state index in [9.17, 15) is 13.2 Å². The van der Waals surface area contributed by atoms with E-state index >= 15 is 0 Å². The van der Waals surface area contributed by atoms with Crippen LogP contribution in [0.3, 0.4) is 0 Å². The zero-order valence-electron chi connectivity index (χ0n) is 23.1. The average molecular weight is 530 g/mol. The fourth-order valence-electron chi connectivity index (χ4n) is 4.18. The number of hydrogen-bond donors (Lipinski definition) is 0. The van der Waals surface area contributed by atoms with Crippen molar-refractivity contribution in [3.05, 3.63) is 59.6 Å². The standard InChI is InChI=1S/C28H38F3N7/c1-7-37(8-2)27-34-24(22-14-11-10-13-21(19-22)20(4)5)33-26(35-27)36(6)17-18-38(9-3)25-23(28(29,30)31)15-12-16-32-25/h10-12,14-16,19-20H,7-9,13,17-18H2,1-6H3. The van der Waals surface area contributed by atoms with Crippen molar-refractivity contribution in [2.24, 2.45) is 5.92 Å². The number of anilines is 3. The van der Waals surface area contributed by atoms with Crippen molar-refractivity contribution in [3.63, 3.8) is 0 Å². The summed E-state index contributed by atoms with van der Waals surface area (Å²) in [4.78, 5) is 23.9. The Morgan fingerprint density at radius 1 is 0.947 bits per heavy atom. The summed E-state index contributed by atoms with van der Waals surface area (Å²) in [7, 11) is 1.85. The van der Waals surface area contributed by atoms with Crippen LogP contribution in [0.4, 0.5) is 30.9 Å². The Kier molecular flexibility index (Phi) is 9.88. The first-order valence-corrected chi connectivity index (χ1v) is 13.2. The number of pyridine rings is 1. The molecular weight excluding hydrogens is 491 g/mol. The molecule has 2 aromatic rings. The van der Waals surface area contributed by atoms with E-state index in [1.807, 2.05) is 44.9 Å².